The van der Waals surface area contributed by atoms with Crippen molar-refractivity contribution in [1.82, 2.24) is 15.2 Å². The fourth-order valence-corrected chi connectivity index (χ4v) is 3.15. The highest BCUT2D eigenvalue weighted by atomic mass is 19.4. The third-order valence-electron chi connectivity index (χ3n) is 4.88. The number of furan rings is 1. The van der Waals surface area contributed by atoms with Crippen molar-refractivity contribution in [2.45, 2.75) is 56.9 Å². The van der Waals surface area contributed by atoms with Gasteiger partial charge >= 0.3 is 24.3 Å². The van der Waals surface area contributed by atoms with Crippen LogP contribution in [-0.2, 0) is 27.5 Å². The Kier molecular flexibility index (Phi) is 11.7. The van der Waals surface area contributed by atoms with Gasteiger partial charge in [0.25, 0.3) is 0 Å². The number of amides is 1. The molecule has 16 heteroatoms. The fourth-order valence-electron chi connectivity index (χ4n) is 3.15. The minimum absolute atomic E-state index is 0.0159. The maximum absolute atomic E-state index is 12.6. The van der Waals surface area contributed by atoms with E-state index in [-0.39, 0.29) is 11.9 Å². The summed E-state index contributed by atoms with van der Waals surface area (Å²) in [6.45, 7) is 3.32. The predicted octanol–water partition coefficient (Wildman–Crippen LogP) is 2.97. The van der Waals surface area contributed by atoms with Gasteiger partial charge in [0.2, 0.25) is 5.91 Å². The van der Waals surface area contributed by atoms with Gasteiger partial charge in [-0.1, -0.05) is 6.07 Å². The van der Waals surface area contributed by atoms with Crippen molar-refractivity contribution in [2.24, 2.45) is 0 Å². The number of likely N-dealkylation sites (tertiary alicyclic amines) is 1. The number of β-amino-alcohol motifs (C(OH)–C–C–N with tert-alkyl or cyclic N) is 1. The van der Waals surface area contributed by atoms with Crippen molar-refractivity contribution in [3.63, 3.8) is 0 Å². The number of pyridine rings is 1. The molecule has 1 aliphatic heterocycles. The topological polar surface area (TPSA) is 153 Å². The summed E-state index contributed by atoms with van der Waals surface area (Å²) in [6, 6.07) is 5.41. The van der Waals surface area contributed by atoms with Crippen LogP contribution in [0.1, 0.15) is 30.9 Å². The lowest BCUT2D eigenvalue weighted by Gasteiger charge is -2.41. The number of nitrogens with zero attached hydrogens (tertiary/aromatic N) is 2. The summed E-state index contributed by atoms with van der Waals surface area (Å²) >= 11 is 0. The van der Waals surface area contributed by atoms with E-state index in [4.69, 9.17) is 24.2 Å². The molecule has 0 spiro atoms. The minimum Gasteiger partial charge on any atom is -0.475 e. The lowest BCUT2D eigenvalue weighted by atomic mass is 9.89. The smallest absolute Gasteiger partial charge is 0.475 e. The number of hydrogen-bond acceptors (Lipinski definition) is 7. The Morgan fingerprint density at radius 3 is 2.13 bits per heavy atom. The molecule has 2 atom stereocenters. The number of carboxylic acids is 2. The van der Waals surface area contributed by atoms with Gasteiger partial charge in [-0.15, -0.1) is 0 Å². The van der Waals surface area contributed by atoms with Gasteiger partial charge in [0.15, 0.2) is 0 Å². The van der Waals surface area contributed by atoms with Crippen molar-refractivity contribution in [2.75, 3.05) is 6.54 Å². The summed E-state index contributed by atoms with van der Waals surface area (Å²) in [5.74, 6) is -5.53. The number of aliphatic carboxylic acids is 2. The van der Waals surface area contributed by atoms with Gasteiger partial charge in [0.1, 0.15) is 0 Å². The molecule has 0 unspecified atom stereocenters. The predicted molar refractivity (Wildman–Crippen MR) is 116 cm³/mol. The van der Waals surface area contributed by atoms with Gasteiger partial charge < -0.3 is 25.1 Å². The molecule has 2 aromatic heterocycles. The lowest BCUT2D eigenvalue weighted by molar-refractivity contribution is -0.193. The first-order valence-corrected chi connectivity index (χ1v) is 10.7. The second-order valence-corrected chi connectivity index (χ2v) is 8.27. The highest BCUT2D eigenvalue weighted by Gasteiger charge is 2.39. The fraction of sp³-hybridized carbons (Fsp3) is 0.455. The third kappa shape index (κ3) is 12.1. The van der Waals surface area contributed by atoms with Crippen molar-refractivity contribution >= 4 is 17.8 Å². The molecule has 3 rings (SSSR count). The number of carbonyl (C=O) groups is 3. The zero-order valence-corrected chi connectivity index (χ0v) is 19.8. The Morgan fingerprint density at radius 1 is 1.11 bits per heavy atom. The number of halogens is 6. The van der Waals surface area contributed by atoms with E-state index in [0.29, 0.717) is 32.5 Å². The van der Waals surface area contributed by atoms with Gasteiger partial charge in [-0.25, -0.2) is 9.59 Å². The molecule has 212 valence electrons. The molecule has 0 aromatic carbocycles. The Bertz CT molecular complexity index is 1000. The lowest BCUT2D eigenvalue weighted by Crippen LogP contribution is -2.56. The van der Waals surface area contributed by atoms with Gasteiger partial charge in [0, 0.05) is 37.6 Å². The van der Waals surface area contributed by atoms with Crippen LogP contribution in [0.2, 0.25) is 0 Å². The number of nitrogens with one attached hydrogen (secondary N) is 1. The molecule has 2 aromatic rings. The second kappa shape index (κ2) is 13.8. The maximum Gasteiger partial charge on any atom is 0.490 e. The van der Waals surface area contributed by atoms with Crippen LogP contribution in [0.5, 0.6) is 0 Å². The van der Waals surface area contributed by atoms with E-state index in [0.717, 1.165) is 11.1 Å². The van der Waals surface area contributed by atoms with Crippen LogP contribution >= 0.6 is 0 Å². The quantitative estimate of drug-likeness (QED) is 0.407. The van der Waals surface area contributed by atoms with Crippen LogP contribution in [0.3, 0.4) is 0 Å². The molecule has 3 heterocycles. The average molecular weight is 557 g/mol. The number of piperidine rings is 1. The van der Waals surface area contributed by atoms with E-state index in [1.165, 1.54) is 0 Å². The highest BCUT2D eigenvalue weighted by Crippen LogP contribution is 2.27. The van der Waals surface area contributed by atoms with Gasteiger partial charge in [0.05, 0.1) is 24.2 Å². The second-order valence-electron chi connectivity index (χ2n) is 8.27. The first kappa shape index (κ1) is 32.4. The van der Waals surface area contributed by atoms with E-state index in [2.05, 4.69) is 10.3 Å². The maximum atomic E-state index is 12.6. The summed E-state index contributed by atoms with van der Waals surface area (Å²) < 4.78 is 68.6. The Labute approximate surface area is 211 Å². The number of rotatable bonds is 5. The minimum atomic E-state index is -5.08. The van der Waals surface area contributed by atoms with E-state index in [9.17, 15) is 36.2 Å². The number of hydrogen-bond donors (Lipinski definition) is 4. The first-order chi connectivity index (χ1) is 17.4. The average Bonchev–Trinajstić information content (AvgIpc) is 3.30. The van der Waals surface area contributed by atoms with Crippen molar-refractivity contribution in [3.8, 4) is 0 Å². The van der Waals surface area contributed by atoms with Crippen LogP contribution in [0.15, 0.2) is 47.5 Å². The standard InChI is InChI=1S/C18H23N3O3.2C2HF3O2/c1-18(23)6-4-16(21(13-18)11-15-5-8-24-12-15)17(22)20-10-14-3-2-7-19-9-14;2*3-2(4,5)1(6)7/h2-3,5,7-9,12,16,23H,4,6,10-11,13H2,1H3,(H,20,22);2*(H,6,7)/t16-,18-;;/m0../s1. The monoisotopic (exact) mass is 557 g/mol. The van der Waals surface area contributed by atoms with Crippen LogP contribution < -0.4 is 5.32 Å². The number of carbonyl (C=O) groups excluding carboxylic acids is 1. The molecule has 0 bridgehead atoms. The molecule has 10 nitrogen and oxygen atoms in total. The Morgan fingerprint density at radius 2 is 1.68 bits per heavy atom. The van der Waals surface area contributed by atoms with Crippen molar-refractivity contribution in [3.05, 3.63) is 54.2 Å². The van der Waals surface area contributed by atoms with Gasteiger partial charge in [-0.3, -0.25) is 14.7 Å². The van der Waals surface area contributed by atoms with Gasteiger partial charge in [-0.05, 0) is 37.5 Å². The third-order valence-corrected chi connectivity index (χ3v) is 4.88. The van der Waals surface area contributed by atoms with E-state index >= 15 is 0 Å². The van der Waals surface area contributed by atoms with E-state index < -0.39 is 29.9 Å². The molecule has 1 fully saturated rings. The molecular formula is C22H25F6N3O7. The van der Waals surface area contributed by atoms with Gasteiger partial charge in [-0.2, -0.15) is 26.3 Å². The summed E-state index contributed by atoms with van der Waals surface area (Å²) in [5, 5.41) is 27.6. The van der Waals surface area contributed by atoms with Crippen LogP contribution in [-0.4, -0.2) is 73.6 Å². The molecule has 1 amide bonds. The number of alkyl halides is 6. The summed E-state index contributed by atoms with van der Waals surface area (Å²) in [6.07, 6.45) is -2.18. The number of carboxylic acid groups (broad SMARTS) is 2. The highest BCUT2D eigenvalue weighted by molar-refractivity contribution is 5.81. The SMILES string of the molecule is C[C@]1(O)CC[C@@H](C(=O)NCc2cccnc2)N(Cc2ccoc2)C1.O=C(O)C(F)(F)F.O=C(O)C(F)(F)F. The summed E-state index contributed by atoms with van der Waals surface area (Å²) in [4.78, 5) is 36.5. The molecule has 0 aliphatic carbocycles. The Balaban J connectivity index is 0.000000426. The normalized spacial score (nSPS) is 19.7. The zero-order valence-electron chi connectivity index (χ0n) is 19.8. The molecule has 0 saturated carbocycles. The van der Waals surface area contributed by atoms with Crippen LogP contribution in [0.25, 0.3) is 0 Å². The molecule has 1 saturated heterocycles. The van der Waals surface area contributed by atoms with E-state index in [1.54, 1.807) is 24.9 Å². The van der Waals surface area contributed by atoms with Crippen molar-refractivity contribution < 1.29 is 60.5 Å². The molecular weight excluding hydrogens is 532 g/mol. The van der Waals surface area contributed by atoms with Crippen LogP contribution in [0, 0.1) is 0 Å². The summed E-state index contributed by atoms with van der Waals surface area (Å²) in [7, 11) is 0. The molecule has 1 aliphatic rings. The zero-order chi connectivity index (χ0) is 29.1. The Hall–Kier alpha value is -3.66. The summed E-state index contributed by atoms with van der Waals surface area (Å²) in [5.41, 5.74) is 1.19. The van der Waals surface area contributed by atoms with Crippen LogP contribution in [0.4, 0.5) is 26.3 Å². The molecule has 4 N–H and O–H groups in total. The molecule has 0 radical (unpaired) electrons. The largest absolute Gasteiger partial charge is 0.490 e. The first-order valence-electron chi connectivity index (χ1n) is 10.7. The number of aliphatic hydroxyl groups is 1. The number of aromatic nitrogens is 1. The van der Waals surface area contributed by atoms with Crippen molar-refractivity contribution in [1.29, 1.82) is 0 Å². The molecule has 38 heavy (non-hydrogen) atoms. The van der Waals surface area contributed by atoms with E-state index in [1.807, 2.05) is 30.0 Å².